The van der Waals surface area contributed by atoms with Crippen molar-refractivity contribution < 1.29 is 4.79 Å². The summed E-state index contributed by atoms with van der Waals surface area (Å²) < 4.78 is 4.12. The topological polar surface area (TPSA) is 66.9 Å². The van der Waals surface area contributed by atoms with Crippen LogP contribution in [0, 0.1) is 5.41 Å². The number of imidazole rings is 1. The Morgan fingerprint density at radius 3 is 2.52 bits per heavy atom. The lowest BCUT2D eigenvalue weighted by molar-refractivity contribution is 0.0993. The largest absolute Gasteiger partial charge is 0.354 e. The third-order valence-electron chi connectivity index (χ3n) is 5.15. The van der Waals surface area contributed by atoms with Gasteiger partial charge in [-0.15, -0.1) is 0 Å². The molecule has 1 N–H and O–H groups in total. The fraction of sp³-hybridized carbons (Fsp3) is 0.174. The van der Waals surface area contributed by atoms with Gasteiger partial charge in [-0.25, -0.2) is 4.98 Å². The molecule has 0 radical (unpaired) electrons. The van der Waals surface area contributed by atoms with Crippen LogP contribution in [0.4, 0.5) is 5.69 Å². The van der Waals surface area contributed by atoms with Gasteiger partial charge in [-0.3, -0.25) is 4.79 Å². The molecular formula is C23H23N5O. The minimum atomic E-state index is -0.0589. The van der Waals surface area contributed by atoms with Gasteiger partial charge in [-0.2, -0.15) is 0 Å². The molecule has 2 aromatic heterocycles. The molecular weight excluding hydrogens is 362 g/mol. The van der Waals surface area contributed by atoms with E-state index in [4.69, 9.17) is 10.4 Å². The predicted molar refractivity (Wildman–Crippen MR) is 114 cm³/mol. The van der Waals surface area contributed by atoms with Gasteiger partial charge in [-0.05, 0) is 42.5 Å². The van der Waals surface area contributed by atoms with Gasteiger partial charge in [0.2, 0.25) is 0 Å². The smallest absolute Gasteiger partial charge is 0.258 e. The van der Waals surface area contributed by atoms with E-state index < -0.39 is 0 Å². The van der Waals surface area contributed by atoms with Crippen LogP contribution in [0.5, 0.6) is 0 Å². The van der Waals surface area contributed by atoms with Crippen molar-refractivity contribution in [2.45, 2.75) is 13.0 Å². The zero-order valence-electron chi connectivity index (χ0n) is 16.5. The fourth-order valence-corrected chi connectivity index (χ4v) is 3.40. The van der Waals surface area contributed by atoms with Gasteiger partial charge in [0.25, 0.3) is 5.91 Å². The molecule has 0 aliphatic carbocycles. The molecule has 0 fully saturated rings. The lowest BCUT2D eigenvalue weighted by Gasteiger charge is -2.17. The van der Waals surface area contributed by atoms with Crippen molar-refractivity contribution in [3.05, 3.63) is 89.8 Å². The number of anilines is 1. The second kappa shape index (κ2) is 7.75. The molecule has 0 aliphatic heterocycles. The van der Waals surface area contributed by atoms with E-state index in [1.165, 1.54) is 0 Å². The number of carbonyl (C=O) groups is 1. The molecule has 2 heterocycles. The van der Waals surface area contributed by atoms with Crippen molar-refractivity contribution in [2.75, 3.05) is 11.9 Å². The van der Waals surface area contributed by atoms with Gasteiger partial charge in [0, 0.05) is 50.7 Å². The van der Waals surface area contributed by atoms with E-state index in [9.17, 15) is 4.79 Å². The van der Waals surface area contributed by atoms with E-state index in [0.29, 0.717) is 10.9 Å². The van der Waals surface area contributed by atoms with Gasteiger partial charge in [0.05, 0.1) is 16.4 Å². The third-order valence-corrected chi connectivity index (χ3v) is 5.15. The number of fused-ring (bicyclic) bond motifs is 1. The van der Waals surface area contributed by atoms with Crippen LogP contribution < -0.4 is 10.3 Å². The molecule has 0 unspecified atom stereocenters. The van der Waals surface area contributed by atoms with Crippen LogP contribution in [0.2, 0.25) is 0 Å². The molecule has 4 rings (SSSR count). The van der Waals surface area contributed by atoms with Gasteiger partial charge in [0.15, 0.2) is 0 Å². The Morgan fingerprint density at radius 1 is 1.07 bits per heavy atom. The van der Waals surface area contributed by atoms with Gasteiger partial charge < -0.3 is 19.4 Å². The highest BCUT2D eigenvalue weighted by Gasteiger charge is 2.16. The van der Waals surface area contributed by atoms with Crippen LogP contribution in [-0.2, 0) is 20.0 Å². The number of aryl methyl sites for hydroxylation is 3. The van der Waals surface area contributed by atoms with E-state index in [1.54, 1.807) is 24.1 Å². The second-order valence-corrected chi connectivity index (χ2v) is 7.06. The number of nitrogens with zero attached hydrogens (tertiary/aromatic N) is 4. The van der Waals surface area contributed by atoms with E-state index in [1.807, 2.05) is 72.5 Å². The Bertz CT molecular complexity index is 1200. The van der Waals surface area contributed by atoms with Crippen molar-refractivity contribution in [3.8, 4) is 0 Å². The summed E-state index contributed by atoms with van der Waals surface area (Å²) in [6.45, 7) is 0.778. The van der Waals surface area contributed by atoms with Gasteiger partial charge in [0.1, 0.15) is 5.82 Å². The molecule has 0 spiro atoms. The zero-order valence-corrected chi connectivity index (χ0v) is 16.5. The van der Waals surface area contributed by atoms with Gasteiger partial charge >= 0.3 is 0 Å². The van der Waals surface area contributed by atoms with Crippen molar-refractivity contribution in [2.24, 2.45) is 7.05 Å². The molecule has 0 aliphatic rings. The Kier molecular flexibility index (Phi) is 4.99. The van der Waals surface area contributed by atoms with E-state index >= 15 is 0 Å². The maximum atomic E-state index is 12.9. The summed E-state index contributed by atoms with van der Waals surface area (Å²) in [5.41, 5.74) is 3.30. The SMILES string of the molecule is CN(C(=O)c1ccc2c(c1)nc(CCn1ccc(=N)cc1)n2C)c1ccccc1. The summed E-state index contributed by atoms with van der Waals surface area (Å²) in [4.78, 5) is 19.3. The monoisotopic (exact) mass is 385 g/mol. The number of benzene rings is 2. The molecule has 0 saturated heterocycles. The van der Waals surface area contributed by atoms with E-state index in [-0.39, 0.29) is 5.91 Å². The highest BCUT2D eigenvalue weighted by atomic mass is 16.2. The second-order valence-electron chi connectivity index (χ2n) is 7.06. The summed E-state index contributed by atoms with van der Waals surface area (Å²) in [5, 5.41) is 8.08. The quantitative estimate of drug-likeness (QED) is 0.572. The average molecular weight is 385 g/mol. The lowest BCUT2D eigenvalue weighted by Crippen LogP contribution is -2.26. The molecule has 0 saturated carbocycles. The molecule has 146 valence electrons. The van der Waals surface area contributed by atoms with Crippen LogP contribution in [0.15, 0.2) is 73.1 Å². The molecule has 1 amide bonds. The number of hydrogen-bond acceptors (Lipinski definition) is 3. The highest BCUT2D eigenvalue weighted by Crippen LogP contribution is 2.20. The maximum absolute atomic E-state index is 12.9. The minimum Gasteiger partial charge on any atom is -0.354 e. The summed E-state index contributed by atoms with van der Waals surface area (Å²) in [6, 6.07) is 18.8. The third kappa shape index (κ3) is 3.82. The standard InChI is InChI=1S/C23H23N5O/c1-26(19-6-4-3-5-7-19)23(29)17-8-9-21-20(16-17)25-22(27(21)2)12-15-28-13-10-18(24)11-14-28/h3-11,13-14,16,24H,12,15H2,1-2H3. The number of nitrogens with one attached hydrogen (secondary N) is 1. The summed E-state index contributed by atoms with van der Waals surface area (Å²) in [6.07, 6.45) is 4.57. The van der Waals surface area contributed by atoms with Gasteiger partial charge in [-0.1, -0.05) is 18.2 Å². The zero-order chi connectivity index (χ0) is 20.4. The lowest BCUT2D eigenvalue weighted by atomic mass is 10.1. The molecule has 0 bridgehead atoms. The van der Waals surface area contributed by atoms with Crippen molar-refractivity contribution in [3.63, 3.8) is 0 Å². The average Bonchev–Trinajstić information content (AvgIpc) is 3.08. The number of pyridine rings is 1. The Morgan fingerprint density at radius 2 is 1.79 bits per heavy atom. The number of amides is 1. The molecule has 6 nitrogen and oxygen atoms in total. The van der Waals surface area contributed by atoms with Crippen molar-refractivity contribution >= 4 is 22.6 Å². The molecule has 4 aromatic rings. The van der Waals surface area contributed by atoms with Crippen LogP contribution in [0.1, 0.15) is 16.2 Å². The highest BCUT2D eigenvalue weighted by molar-refractivity contribution is 6.07. The van der Waals surface area contributed by atoms with E-state index in [2.05, 4.69) is 4.57 Å². The van der Waals surface area contributed by atoms with E-state index in [0.717, 1.165) is 35.5 Å². The first-order valence-electron chi connectivity index (χ1n) is 9.52. The summed E-state index contributed by atoms with van der Waals surface area (Å²) in [7, 11) is 3.78. The Balaban J connectivity index is 1.57. The molecule has 6 heteroatoms. The first kappa shape index (κ1) is 18.7. The van der Waals surface area contributed by atoms with Crippen LogP contribution >= 0.6 is 0 Å². The van der Waals surface area contributed by atoms with Crippen LogP contribution in [-0.4, -0.2) is 27.1 Å². The normalized spacial score (nSPS) is 11.0. The molecule has 29 heavy (non-hydrogen) atoms. The molecule has 2 aromatic carbocycles. The fourth-order valence-electron chi connectivity index (χ4n) is 3.40. The van der Waals surface area contributed by atoms with Crippen molar-refractivity contribution in [1.29, 1.82) is 5.41 Å². The first-order chi connectivity index (χ1) is 14.0. The number of para-hydroxylation sites is 1. The summed E-state index contributed by atoms with van der Waals surface area (Å²) in [5.74, 6) is 0.903. The molecule has 0 atom stereocenters. The number of rotatable bonds is 5. The Labute approximate surface area is 169 Å². The minimum absolute atomic E-state index is 0.0589. The van der Waals surface area contributed by atoms with Crippen LogP contribution in [0.3, 0.4) is 0 Å². The predicted octanol–water partition coefficient (Wildman–Crippen LogP) is 3.37. The summed E-state index contributed by atoms with van der Waals surface area (Å²) >= 11 is 0. The van der Waals surface area contributed by atoms with Crippen LogP contribution in [0.25, 0.3) is 11.0 Å². The number of carbonyl (C=O) groups excluding carboxylic acids is 1. The Hall–Kier alpha value is -3.67. The first-order valence-corrected chi connectivity index (χ1v) is 9.52. The number of aromatic nitrogens is 3. The maximum Gasteiger partial charge on any atom is 0.258 e. The van der Waals surface area contributed by atoms with Crippen molar-refractivity contribution in [1.82, 2.24) is 14.1 Å². The number of hydrogen-bond donors (Lipinski definition) is 1.